The fraction of sp³-hybridized carbons (Fsp3) is 0.200. The molecule has 0 aromatic heterocycles. The third kappa shape index (κ3) is 2.33. The second-order valence-corrected chi connectivity index (χ2v) is 10.5. The highest BCUT2D eigenvalue weighted by Crippen LogP contribution is 2.50. The van der Waals surface area contributed by atoms with Crippen molar-refractivity contribution in [2.24, 2.45) is 0 Å². The van der Waals surface area contributed by atoms with E-state index in [1.54, 1.807) is 0 Å². The lowest BCUT2D eigenvalue weighted by Crippen LogP contribution is -2.13. The van der Waals surface area contributed by atoms with Crippen molar-refractivity contribution in [3.8, 4) is 0 Å². The van der Waals surface area contributed by atoms with Gasteiger partial charge in [-0.3, -0.25) is 0 Å². The summed E-state index contributed by atoms with van der Waals surface area (Å²) >= 11 is 15.3. The van der Waals surface area contributed by atoms with Gasteiger partial charge in [0.05, 0.1) is 0 Å². The summed E-state index contributed by atoms with van der Waals surface area (Å²) in [6.07, 6.45) is 0. The van der Waals surface area contributed by atoms with Gasteiger partial charge in [-0.1, -0.05) is 86.8 Å². The van der Waals surface area contributed by atoms with Gasteiger partial charge < -0.3 is 0 Å². The normalized spacial score (nSPS) is 12.8. The van der Waals surface area contributed by atoms with E-state index in [1.807, 2.05) is 0 Å². The molecule has 0 amide bonds. The molecule has 0 aliphatic carbocycles. The van der Waals surface area contributed by atoms with E-state index in [4.69, 9.17) is 0 Å². The van der Waals surface area contributed by atoms with Crippen molar-refractivity contribution in [1.29, 1.82) is 0 Å². The Hall–Kier alpha value is -0.160. The molecule has 4 aromatic rings. The number of rotatable bonds is 0. The fourth-order valence-electron chi connectivity index (χ4n) is 3.64. The van der Waals surface area contributed by atoms with Crippen LogP contribution in [0.1, 0.15) is 26.3 Å². The minimum absolute atomic E-state index is 0.0229. The maximum atomic E-state index is 3.93. The molecule has 0 N–H and O–H groups in total. The Morgan fingerprint density at radius 2 is 1.29 bits per heavy atom. The number of benzene rings is 4. The molecule has 0 aliphatic heterocycles. The monoisotopic (exact) mass is 570 g/mol. The molecule has 24 heavy (non-hydrogen) atoms. The molecule has 0 bridgehead atoms. The summed E-state index contributed by atoms with van der Waals surface area (Å²) in [5, 5.41) is 7.67. The van der Waals surface area contributed by atoms with E-state index < -0.39 is 0 Å². The lowest BCUT2D eigenvalue weighted by molar-refractivity contribution is 0.593. The van der Waals surface area contributed by atoms with Crippen LogP contribution in [-0.4, -0.2) is 0 Å². The molecule has 0 aliphatic rings. The molecule has 0 unspecified atom stereocenters. The van der Waals surface area contributed by atoms with Crippen LogP contribution in [0.25, 0.3) is 32.3 Å². The van der Waals surface area contributed by atoms with E-state index in [-0.39, 0.29) is 5.41 Å². The van der Waals surface area contributed by atoms with Crippen LogP contribution in [0.2, 0.25) is 0 Å². The Morgan fingerprint density at radius 3 is 1.96 bits per heavy atom. The second-order valence-electron chi connectivity index (χ2n) is 7.16. The van der Waals surface area contributed by atoms with Gasteiger partial charge in [0.2, 0.25) is 0 Å². The minimum atomic E-state index is 0.0229. The molecule has 0 nitrogen and oxygen atoms in total. The zero-order chi connectivity index (χ0) is 17.4. The summed E-state index contributed by atoms with van der Waals surface area (Å²) in [5.74, 6) is 0. The topological polar surface area (TPSA) is 0 Å². The predicted octanol–water partition coefficient (Wildman–Crippen LogP) is 8.93. The first-order valence-corrected chi connectivity index (χ1v) is 10.8. The molecule has 122 valence electrons. The largest absolute Gasteiger partial charge is 0.0610 e. The molecule has 0 atom stereocenters. The molecule has 0 heterocycles. The first kappa shape index (κ1) is 17.3. The molecular formula is C20H14Br4. The molecule has 4 aromatic carbocycles. The zero-order valence-corrected chi connectivity index (χ0v) is 19.7. The first-order chi connectivity index (χ1) is 11.2. The SMILES string of the molecule is CC(C)(C)c1c(Br)c2cccc3c(Br)cc4c(Br)cc(Br)c1c4c32. The first-order valence-electron chi connectivity index (χ1n) is 7.65. The van der Waals surface area contributed by atoms with Gasteiger partial charge in [-0.2, -0.15) is 0 Å². The van der Waals surface area contributed by atoms with Crippen molar-refractivity contribution < 1.29 is 0 Å². The Morgan fingerprint density at radius 1 is 0.667 bits per heavy atom. The van der Waals surface area contributed by atoms with Gasteiger partial charge in [0.1, 0.15) is 0 Å². The minimum Gasteiger partial charge on any atom is -0.0610 e. The predicted molar refractivity (Wildman–Crippen MR) is 120 cm³/mol. The van der Waals surface area contributed by atoms with Gasteiger partial charge in [0.25, 0.3) is 0 Å². The van der Waals surface area contributed by atoms with E-state index >= 15 is 0 Å². The molecule has 0 saturated carbocycles. The molecule has 0 fully saturated rings. The van der Waals surface area contributed by atoms with Crippen molar-refractivity contribution in [3.63, 3.8) is 0 Å². The number of hydrogen-bond donors (Lipinski definition) is 0. The van der Waals surface area contributed by atoms with Crippen molar-refractivity contribution in [2.75, 3.05) is 0 Å². The lowest BCUT2D eigenvalue weighted by Gasteiger charge is -2.27. The number of hydrogen-bond acceptors (Lipinski definition) is 0. The Labute approximate surface area is 174 Å². The molecule has 4 rings (SSSR count). The van der Waals surface area contributed by atoms with Crippen LogP contribution in [0.5, 0.6) is 0 Å². The van der Waals surface area contributed by atoms with Crippen LogP contribution in [0, 0.1) is 0 Å². The second kappa shape index (κ2) is 5.67. The van der Waals surface area contributed by atoms with Gasteiger partial charge in [0, 0.05) is 28.7 Å². The zero-order valence-electron chi connectivity index (χ0n) is 13.4. The average molecular weight is 574 g/mol. The molecular weight excluding hydrogens is 560 g/mol. The smallest absolute Gasteiger partial charge is 0.0298 e. The summed E-state index contributed by atoms with van der Waals surface area (Å²) < 4.78 is 4.55. The molecule has 4 heteroatoms. The van der Waals surface area contributed by atoms with Gasteiger partial charge in [0.15, 0.2) is 0 Å². The van der Waals surface area contributed by atoms with Gasteiger partial charge >= 0.3 is 0 Å². The highest BCUT2D eigenvalue weighted by Gasteiger charge is 2.27. The third-order valence-electron chi connectivity index (χ3n) is 4.57. The van der Waals surface area contributed by atoms with Gasteiger partial charge in [-0.05, 0) is 60.6 Å². The summed E-state index contributed by atoms with van der Waals surface area (Å²) in [5.41, 5.74) is 1.36. The van der Waals surface area contributed by atoms with Crippen molar-refractivity contribution in [2.45, 2.75) is 26.2 Å². The maximum absolute atomic E-state index is 3.93. The van der Waals surface area contributed by atoms with E-state index in [1.165, 1.54) is 42.4 Å². The Kier molecular flexibility index (Phi) is 4.08. The quantitative estimate of drug-likeness (QED) is 0.184. The van der Waals surface area contributed by atoms with Crippen LogP contribution in [0.15, 0.2) is 48.2 Å². The summed E-state index contributed by atoms with van der Waals surface area (Å²) in [4.78, 5) is 0. The lowest BCUT2D eigenvalue weighted by atomic mass is 9.80. The highest BCUT2D eigenvalue weighted by atomic mass is 79.9. The highest BCUT2D eigenvalue weighted by molar-refractivity contribution is 9.11. The van der Waals surface area contributed by atoms with Gasteiger partial charge in [-0.15, -0.1) is 0 Å². The van der Waals surface area contributed by atoms with E-state index in [2.05, 4.69) is 115 Å². The van der Waals surface area contributed by atoms with Crippen molar-refractivity contribution in [1.82, 2.24) is 0 Å². The summed E-state index contributed by atoms with van der Waals surface area (Å²) in [6, 6.07) is 10.9. The van der Waals surface area contributed by atoms with E-state index in [9.17, 15) is 0 Å². The summed E-state index contributed by atoms with van der Waals surface area (Å²) in [6.45, 7) is 6.82. The van der Waals surface area contributed by atoms with Gasteiger partial charge in [-0.25, -0.2) is 0 Å². The maximum Gasteiger partial charge on any atom is 0.0298 e. The molecule has 0 saturated heterocycles. The fourth-order valence-corrected chi connectivity index (χ4v) is 6.79. The molecule has 0 radical (unpaired) electrons. The van der Waals surface area contributed by atoms with E-state index in [0.29, 0.717) is 0 Å². The van der Waals surface area contributed by atoms with Crippen molar-refractivity contribution >= 4 is 96.0 Å². The van der Waals surface area contributed by atoms with Crippen LogP contribution < -0.4 is 0 Å². The van der Waals surface area contributed by atoms with Crippen LogP contribution in [0.4, 0.5) is 0 Å². The third-order valence-corrected chi connectivity index (χ3v) is 7.33. The summed E-state index contributed by atoms with van der Waals surface area (Å²) in [7, 11) is 0. The molecule has 0 spiro atoms. The standard InChI is InChI=1S/C20H14Br4/c1-20(2,3)18-17-14(23)8-13(22)11-7-12(21)9-5-4-6-10(19(18)24)15(9)16(11)17/h4-8H,1-3H3. The average Bonchev–Trinajstić information content (AvgIpc) is 2.49. The van der Waals surface area contributed by atoms with Crippen LogP contribution in [0.3, 0.4) is 0 Å². The Balaban J connectivity index is 2.49. The number of halogens is 4. The van der Waals surface area contributed by atoms with E-state index in [0.717, 1.165) is 13.4 Å². The van der Waals surface area contributed by atoms with Crippen LogP contribution >= 0.6 is 63.7 Å². The Bertz CT molecular complexity index is 1120. The van der Waals surface area contributed by atoms with Crippen molar-refractivity contribution in [3.05, 3.63) is 53.8 Å². The van der Waals surface area contributed by atoms with Crippen LogP contribution in [-0.2, 0) is 5.41 Å².